The van der Waals surface area contributed by atoms with Crippen molar-refractivity contribution in [2.24, 2.45) is 0 Å². The molecule has 3 rings (SSSR count). The summed E-state index contributed by atoms with van der Waals surface area (Å²) < 4.78 is 93.5. The standard InChI is InChI=1S/C22H25F5N3O8PS/c1-11(2)36-16(32)12(3)29-39(40,38-13-7-5-4-6-8-13)35-10-21(18(24)25)17(33)22(26,27)19(37-21)30-9-14(23)15(31)28-20(30)34/h4-9,11-12,17-19,33H,10H2,1-3H3,(H,29,40)(H,28,31,34). The summed E-state index contributed by atoms with van der Waals surface area (Å²) in [6.07, 6.45) is -10.7. The molecule has 1 fully saturated rings. The van der Waals surface area contributed by atoms with Crippen molar-refractivity contribution < 1.29 is 50.4 Å². The smallest absolute Gasteiger partial charge is 0.330 e. The van der Waals surface area contributed by atoms with Crippen molar-refractivity contribution in [3.05, 3.63) is 63.2 Å². The Hall–Kier alpha value is -2.69. The average Bonchev–Trinajstić information content (AvgIpc) is 3.06. The van der Waals surface area contributed by atoms with E-state index in [-0.39, 0.29) is 16.5 Å². The van der Waals surface area contributed by atoms with E-state index in [0.717, 1.165) is 0 Å². The maximum absolute atomic E-state index is 15.1. The van der Waals surface area contributed by atoms with Crippen molar-refractivity contribution in [3.63, 3.8) is 0 Å². The van der Waals surface area contributed by atoms with Crippen LogP contribution >= 0.6 is 6.64 Å². The molecule has 2 aromatic rings. The molecule has 0 spiro atoms. The highest BCUT2D eigenvalue weighted by molar-refractivity contribution is 8.09. The highest BCUT2D eigenvalue weighted by Crippen LogP contribution is 2.53. The number of H-pyrrole nitrogens is 1. The summed E-state index contributed by atoms with van der Waals surface area (Å²) in [5.41, 5.74) is -6.71. The van der Waals surface area contributed by atoms with Gasteiger partial charge >= 0.3 is 24.2 Å². The summed E-state index contributed by atoms with van der Waals surface area (Å²) >= 11 is 5.37. The zero-order valence-corrected chi connectivity index (χ0v) is 22.8. The fourth-order valence-corrected chi connectivity index (χ4v) is 5.98. The second-order valence-corrected chi connectivity index (χ2v) is 12.1. The van der Waals surface area contributed by atoms with Gasteiger partial charge in [-0.3, -0.25) is 19.1 Å². The summed E-state index contributed by atoms with van der Waals surface area (Å²) in [6.45, 7) is -1.18. The highest BCUT2D eigenvalue weighted by atomic mass is 32.5. The van der Waals surface area contributed by atoms with Crippen LogP contribution in [0, 0.1) is 5.82 Å². The number of carbonyl (C=O) groups is 1. The lowest BCUT2D eigenvalue weighted by atomic mass is 9.96. The molecule has 1 aromatic heterocycles. The average molecular weight is 617 g/mol. The Morgan fingerprint density at radius 1 is 1.25 bits per heavy atom. The van der Waals surface area contributed by atoms with Crippen molar-refractivity contribution in [1.29, 1.82) is 0 Å². The Morgan fingerprint density at radius 2 is 1.88 bits per heavy atom. The van der Waals surface area contributed by atoms with E-state index in [1.165, 1.54) is 36.2 Å². The second kappa shape index (κ2) is 12.0. The molecule has 2 heterocycles. The highest BCUT2D eigenvalue weighted by Gasteiger charge is 2.71. The Balaban J connectivity index is 1.97. The third-order valence-corrected chi connectivity index (χ3v) is 8.00. The SMILES string of the molecule is CC(C)OC(=O)C(C)NP(=S)(OCC1(C(F)F)OC(n2cc(F)c(=O)[nH]c2=O)C(F)(F)C1O)Oc1ccccc1. The molecule has 1 aliphatic rings. The summed E-state index contributed by atoms with van der Waals surface area (Å²) in [4.78, 5) is 37.1. The lowest BCUT2D eigenvalue weighted by molar-refractivity contribution is -0.192. The van der Waals surface area contributed by atoms with Gasteiger partial charge in [-0.2, -0.15) is 13.2 Å². The lowest BCUT2D eigenvalue weighted by Crippen LogP contribution is -2.54. The van der Waals surface area contributed by atoms with Gasteiger partial charge in [0.05, 0.1) is 18.9 Å². The van der Waals surface area contributed by atoms with Gasteiger partial charge in [0, 0.05) is 0 Å². The van der Waals surface area contributed by atoms with Crippen molar-refractivity contribution in [1.82, 2.24) is 14.6 Å². The van der Waals surface area contributed by atoms with Crippen LogP contribution in [0.2, 0.25) is 0 Å². The monoisotopic (exact) mass is 617 g/mol. The number of nitrogens with one attached hydrogen (secondary N) is 2. The molecule has 40 heavy (non-hydrogen) atoms. The van der Waals surface area contributed by atoms with Crippen LogP contribution < -0.4 is 20.9 Å². The first-order valence-corrected chi connectivity index (χ1v) is 14.2. The summed E-state index contributed by atoms with van der Waals surface area (Å²) in [5.74, 6) is -7.09. The molecule has 0 saturated carbocycles. The van der Waals surface area contributed by atoms with Gasteiger partial charge in [-0.1, -0.05) is 18.2 Å². The number of aliphatic hydroxyl groups excluding tert-OH is 1. The van der Waals surface area contributed by atoms with E-state index in [1.807, 2.05) is 0 Å². The van der Waals surface area contributed by atoms with Crippen LogP contribution in [0.5, 0.6) is 5.75 Å². The number of hydrogen-bond donors (Lipinski definition) is 3. The van der Waals surface area contributed by atoms with Gasteiger partial charge in [0.1, 0.15) is 11.8 Å². The van der Waals surface area contributed by atoms with Gasteiger partial charge in [0.25, 0.3) is 12.0 Å². The first-order chi connectivity index (χ1) is 18.5. The zero-order valence-electron chi connectivity index (χ0n) is 21.1. The number of para-hydroxylation sites is 1. The zero-order chi connectivity index (χ0) is 30.0. The van der Waals surface area contributed by atoms with Gasteiger partial charge in [-0.05, 0) is 44.7 Å². The predicted molar refractivity (Wildman–Crippen MR) is 132 cm³/mol. The first-order valence-electron chi connectivity index (χ1n) is 11.5. The molecule has 0 amide bonds. The fraction of sp³-hybridized carbons (Fsp3) is 0.500. The first kappa shape index (κ1) is 31.8. The molecule has 5 atom stereocenters. The van der Waals surface area contributed by atoms with Gasteiger partial charge in [0.15, 0.2) is 11.7 Å². The van der Waals surface area contributed by atoms with E-state index in [4.69, 9.17) is 30.3 Å². The number of aliphatic hydroxyl groups is 1. The van der Waals surface area contributed by atoms with E-state index in [9.17, 15) is 32.7 Å². The molecule has 1 saturated heterocycles. The van der Waals surface area contributed by atoms with Crippen molar-refractivity contribution in [2.45, 2.75) is 63.2 Å². The summed E-state index contributed by atoms with van der Waals surface area (Å²) in [7, 11) is 0. The van der Waals surface area contributed by atoms with E-state index in [1.54, 1.807) is 19.9 Å². The van der Waals surface area contributed by atoms with Crippen LogP contribution in [0.3, 0.4) is 0 Å². The predicted octanol–water partition coefficient (Wildman–Crippen LogP) is 2.45. The topological polar surface area (TPSA) is 141 Å². The number of halogens is 5. The normalized spacial score (nSPS) is 24.6. The molecule has 0 bridgehead atoms. The van der Waals surface area contributed by atoms with Crippen molar-refractivity contribution in [3.8, 4) is 5.75 Å². The van der Waals surface area contributed by atoms with Crippen LogP contribution in [-0.4, -0.2) is 63.4 Å². The quantitative estimate of drug-likeness (QED) is 0.196. The number of hydrogen-bond acceptors (Lipinski definition) is 9. The molecule has 11 nitrogen and oxygen atoms in total. The number of nitrogens with zero attached hydrogens (tertiary/aromatic N) is 1. The summed E-state index contributed by atoms with van der Waals surface area (Å²) in [5, 5.41) is 12.9. The van der Waals surface area contributed by atoms with Crippen LogP contribution in [0.4, 0.5) is 22.0 Å². The third-order valence-electron chi connectivity index (χ3n) is 5.52. The molecule has 18 heteroatoms. The minimum Gasteiger partial charge on any atom is -0.462 e. The Morgan fingerprint density at radius 3 is 2.45 bits per heavy atom. The molecular weight excluding hydrogens is 592 g/mol. The Kier molecular flexibility index (Phi) is 9.58. The van der Waals surface area contributed by atoms with Crippen molar-refractivity contribution in [2.75, 3.05) is 6.61 Å². The largest absolute Gasteiger partial charge is 0.462 e. The number of aromatic nitrogens is 2. The third kappa shape index (κ3) is 6.61. The second-order valence-electron chi connectivity index (χ2n) is 8.96. The lowest BCUT2D eigenvalue weighted by Gasteiger charge is -2.34. The number of benzene rings is 1. The summed E-state index contributed by atoms with van der Waals surface area (Å²) in [6, 6.07) is 6.27. The molecular formula is C22H25F5N3O8PS. The van der Waals surface area contributed by atoms with Crippen LogP contribution in [0.15, 0.2) is 46.1 Å². The molecule has 3 N–H and O–H groups in total. The number of rotatable bonds is 11. The number of esters is 1. The van der Waals surface area contributed by atoms with Gasteiger partial charge in [-0.15, -0.1) is 0 Å². The molecule has 0 aliphatic carbocycles. The molecule has 5 unspecified atom stereocenters. The maximum Gasteiger partial charge on any atom is 0.330 e. The van der Waals surface area contributed by atoms with Crippen LogP contribution in [0.25, 0.3) is 0 Å². The van der Waals surface area contributed by atoms with E-state index in [2.05, 4.69) is 5.09 Å². The van der Waals surface area contributed by atoms with Crippen LogP contribution in [-0.2, 0) is 30.6 Å². The number of ether oxygens (including phenoxy) is 2. The maximum atomic E-state index is 15.1. The number of aromatic amines is 1. The fourth-order valence-electron chi connectivity index (χ4n) is 3.56. The van der Waals surface area contributed by atoms with Crippen LogP contribution in [0.1, 0.15) is 27.0 Å². The molecule has 1 aromatic carbocycles. The van der Waals surface area contributed by atoms with Crippen molar-refractivity contribution >= 4 is 24.4 Å². The van der Waals surface area contributed by atoms with E-state index in [0.29, 0.717) is 0 Å². The van der Waals surface area contributed by atoms with E-state index < -0.39 is 78.7 Å². The minimum absolute atomic E-state index is 0.0291. The minimum atomic E-state index is -4.63. The Bertz CT molecular complexity index is 1380. The van der Waals surface area contributed by atoms with Gasteiger partial charge in [-0.25, -0.2) is 18.7 Å². The molecule has 222 valence electrons. The van der Waals surface area contributed by atoms with Gasteiger partial charge < -0.3 is 23.6 Å². The number of carbonyl (C=O) groups excluding carboxylic acids is 1. The van der Waals surface area contributed by atoms with Gasteiger partial charge in [0.2, 0.25) is 12.0 Å². The Labute approximate surface area is 228 Å². The van der Waals surface area contributed by atoms with E-state index >= 15 is 8.78 Å². The molecule has 1 aliphatic heterocycles. The number of alkyl halides is 4. The molecule has 0 radical (unpaired) electrons.